The van der Waals surface area contributed by atoms with Crippen LogP contribution in [-0.2, 0) is 11.3 Å². The first-order chi connectivity index (χ1) is 10.6. The lowest BCUT2D eigenvalue weighted by molar-refractivity contribution is 0.0427. The third-order valence-electron chi connectivity index (χ3n) is 4.16. The molecule has 5 nitrogen and oxygen atoms in total. The van der Waals surface area contributed by atoms with Gasteiger partial charge in [-0.25, -0.2) is 4.79 Å². The van der Waals surface area contributed by atoms with E-state index in [9.17, 15) is 9.90 Å². The van der Waals surface area contributed by atoms with Crippen LogP contribution in [0.4, 0.5) is 4.79 Å². The molecule has 0 aromatic heterocycles. The predicted octanol–water partition coefficient (Wildman–Crippen LogP) is 2.00. The van der Waals surface area contributed by atoms with E-state index in [1.807, 2.05) is 44.3 Å². The van der Waals surface area contributed by atoms with Gasteiger partial charge in [-0.1, -0.05) is 37.3 Å². The minimum absolute atomic E-state index is 0.0215. The summed E-state index contributed by atoms with van der Waals surface area (Å²) in [5, 5.41) is 12.9. The summed E-state index contributed by atoms with van der Waals surface area (Å²) in [5.74, 6) is 0.197. The van der Waals surface area contributed by atoms with Crippen LogP contribution >= 0.6 is 0 Å². The molecule has 3 unspecified atom stereocenters. The lowest BCUT2D eigenvalue weighted by Crippen LogP contribution is -2.51. The quantitative estimate of drug-likeness (QED) is 0.873. The molecule has 1 aromatic rings. The number of nitrogens with zero attached hydrogens (tertiary/aromatic N) is 1. The van der Waals surface area contributed by atoms with Crippen LogP contribution in [0.15, 0.2) is 30.3 Å². The molecule has 2 rings (SSSR count). The Morgan fingerprint density at radius 3 is 2.82 bits per heavy atom. The van der Waals surface area contributed by atoms with Gasteiger partial charge in [0.15, 0.2) is 0 Å². The maximum Gasteiger partial charge on any atom is 0.407 e. The molecule has 1 saturated heterocycles. The van der Waals surface area contributed by atoms with Crippen molar-refractivity contribution in [3.8, 4) is 0 Å². The number of rotatable bonds is 5. The molecule has 22 heavy (non-hydrogen) atoms. The van der Waals surface area contributed by atoms with Crippen molar-refractivity contribution in [2.75, 3.05) is 20.1 Å². The Morgan fingerprint density at radius 1 is 1.41 bits per heavy atom. The summed E-state index contributed by atoms with van der Waals surface area (Å²) < 4.78 is 5.26. The zero-order valence-corrected chi connectivity index (χ0v) is 13.4. The van der Waals surface area contributed by atoms with Gasteiger partial charge in [-0.15, -0.1) is 0 Å². The van der Waals surface area contributed by atoms with Crippen molar-refractivity contribution >= 4 is 6.09 Å². The normalized spacial score (nSPS) is 23.8. The average molecular weight is 306 g/mol. The number of alkyl carbamates (subject to hydrolysis) is 1. The summed E-state index contributed by atoms with van der Waals surface area (Å²) >= 11 is 0. The molecular formula is C17H26N2O3. The zero-order chi connectivity index (χ0) is 15.9. The van der Waals surface area contributed by atoms with Crippen LogP contribution in [0.1, 0.15) is 25.3 Å². The number of amides is 1. The molecule has 3 atom stereocenters. The molecule has 1 aliphatic rings. The number of hydrogen-bond donors (Lipinski definition) is 2. The highest BCUT2D eigenvalue weighted by atomic mass is 16.5. The van der Waals surface area contributed by atoms with Gasteiger partial charge in [0, 0.05) is 19.1 Å². The number of piperidine rings is 1. The van der Waals surface area contributed by atoms with E-state index in [1.54, 1.807) is 0 Å². The van der Waals surface area contributed by atoms with Gasteiger partial charge >= 0.3 is 6.09 Å². The molecule has 1 heterocycles. The third-order valence-corrected chi connectivity index (χ3v) is 4.16. The molecule has 0 saturated carbocycles. The third kappa shape index (κ3) is 5.00. The summed E-state index contributed by atoms with van der Waals surface area (Å²) in [6, 6.07) is 9.64. The Morgan fingerprint density at radius 2 is 2.14 bits per heavy atom. The predicted molar refractivity (Wildman–Crippen MR) is 85.5 cm³/mol. The Kier molecular flexibility index (Phi) is 6.21. The van der Waals surface area contributed by atoms with Gasteiger partial charge in [0.05, 0.1) is 6.10 Å². The second kappa shape index (κ2) is 8.15. The molecule has 0 aliphatic carbocycles. The van der Waals surface area contributed by atoms with E-state index in [2.05, 4.69) is 10.2 Å². The summed E-state index contributed by atoms with van der Waals surface area (Å²) in [7, 11) is 2.01. The second-order valence-corrected chi connectivity index (χ2v) is 6.10. The molecule has 1 fully saturated rings. The Hall–Kier alpha value is -1.59. The number of aliphatic hydroxyl groups is 1. The van der Waals surface area contributed by atoms with Crippen LogP contribution in [0.5, 0.6) is 0 Å². The number of ether oxygens (including phenoxy) is 1. The molecule has 2 N–H and O–H groups in total. The highest BCUT2D eigenvalue weighted by Crippen LogP contribution is 2.21. The number of likely N-dealkylation sites (N-methyl/N-ethyl adjacent to an activating group) is 1. The monoisotopic (exact) mass is 306 g/mol. The van der Waals surface area contributed by atoms with E-state index in [4.69, 9.17) is 4.74 Å². The molecule has 1 amide bonds. The fourth-order valence-electron chi connectivity index (χ4n) is 3.01. The zero-order valence-electron chi connectivity index (χ0n) is 13.4. The van der Waals surface area contributed by atoms with Crippen molar-refractivity contribution in [3.63, 3.8) is 0 Å². The summed E-state index contributed by atoms with van der Waals surface area (Å²) in [6.45, 7) is 3.91. The van der Waals surface area contributed by atoms with Gasteiger partial charge in [-0.05, 0) is 31.4 Å². The fraction of sp³-hybridized carbons (Fsp3) is 0.588. The van der Waals surface area contributed by atoms with E-state index in [-0.39, 0.29) is 24.7 Å². The molecule has 122 valence electrons. The number of nitrogens with one attached hydrogen (secondary N) is 1. The molecule has 1 aliphatic heterocycles. The summed E-state index contributed by atoms with van der Waals surface area (Å²) in [6.07, 6.45) is 0.824. The van der Waals surface area contributed by atoms with Crippen LogP contribution < -0.4 is 5.32 Å². The minimum atomic E-state index is -0.395. The SMILES string of the molecule is CCC(O)C1CC(NC(=O)OCc2ccccc2)CN(C)C1. The first kappa shape index (κ1) is 16.8. The van der Waals surface area contributed by atoms with E-state index in [1.165, 1.54) is 0 Å². The van der Waals surface area contributed by atoms with Gasteiger partial charge < -0.3 is 20.1 Å². The van der Waals surface area contributed by atoms with Crippen LogP contribution in [0.3, 0.4) is 0 Å². The van der Waals surface area contributed by atoms with Crippen molar-refractivity contribution in [2.24, 2.45) is 5.92 Å². The number of likely N-dealkylation sites (tertiary alicyclic amines) is 1. The van der Waals surface area contributed by atoms with Gasteiger partial charge in [0.1, 0.15) is 6.61 Å². The molecular weight excluding hydrogens is 280 g/mol. The largest absolute Gasteiger partial charge is 0.445 e. The van der Waals surface area contributed by atoms with Gasteiger partial charge in [0.25, 0.3) is 0 Å². The van der Waals surface area contributed by atoms with E-state index >= 15 is 0 Å². The smallest absolute Gasteiger partial charge is 0.407 e. The highest BCUT2D eigenvalue weighted by Gasteiger charge is 2.30. The van der Waals surface area contributed by atoms with Gasteiger partial charge in [-0.2, -0.15) is 0 Å². The van der Waals surface area contributed by atoms with Crippen LogP contribution in [0.25, 0.3) is 0 Å². The van der Waals surface area contributed by atoms with E-state index < -0.39 is 6.09 Å². The van der Waals surface area contributed by atoms with Gasteiger partial charge in [0.2, 0.25) is 0 Å². The van der Waals surface area contributed by atoms with E-state index in [0.29, 0.717) is 0 Å². The van der Waals surface area contributed by atoms with Crippen LogP contribution in [0, 0.1) is 5.92 Å². The molecule has 0 bridgehead atoms. The number of aliphatic hydroxyl groups excluding tert-OH is 1. The van der Waals surface area contributed by atoms with Crippen molar-refractivity contribution in [1.82, 2.24) is 10.2 Å². The molecule has 0 spiro atoms. The lowest BCUT2D eigenvalue weighted by Gasteiger charge is -2.37. The lowest BCUT2D eigenvalue weighted by atomic mass is 9.89. The fourth-order valence-corrected chi connectivity index (χ4v) is 3.01. The topological polar surface area (TPSA) is 61.8 Å². The van der Waals surface area contributed by atoms with E-state index in [0.717, 1.165) is 31.5 Å². The molecule has 0 radical (unpaired) electrons. The number of hydrogen-bond acceptors (Lipinski definition) is 4. The Balaban J connectivity index is 1.80. The molecule has 5 heteroatoms. The Labute approximate surface area is 132 Å². The average Bonchev–Trinajstić information content (AvgIpc) is 2.52. The Bertz CT molecular complexity index is 466. The van der Waals surface area contributed by atoms with Gasteiger partial charge in [-0.3, -0.25) is 0 Å². The van der Waals surface area contributed by atoms with Crippen molar-refractivity contribution in [2.45, 2.75) is 38.5 Å². The molecule has 1 aromatic carbocycles. The minimum Gasteiger partial charge on any atom is -0.445 e. The highest BCUT2D eigenvalue weighted by molar-refractivity contribution is 5.67. The van der Waals surface area contributed by atoms with Crippen molar-refractivity contribution in [1.29, 1.82) is 0 Å². The maximum absolute atomic E-state index is 11.9. The summed E-state index contributed by atoms with van der Waals surface area (Å²) in [5.41, 5.74) is 0.970. The van der Waals surface area contributed by atoms with Crippen molar-refractivity contribution < 1.29 is 14.6 Å². The standard InChI is InChI=1S/C17H26N2O3/c1-3-16(20)14-9-15(11-19(2)10-14)18-17(21)22-12-13-7-5-4-6-8-13/h4-8,14-16,20H,3,9-12H2,1-2H3,(H,18,21). The van der Waals surface area contributed by atoms with Crippen LogP contribution in [-0.4, -0.2) is 48.4 Å². The first-order valence-electron chi connectivity index (χ1n) is 7.92. The maximum atomic E-state index is 11.9. The summed E-state index contributed by atoms with van der Waals surface area (Å²) in [4.78, 5) is 14.1. The first-order valence-corrected chi connectivity index (χ1v) is 7.92. The van der Waals surface area contributed by atoms with Crippen LogP contribution in [0.2, 0.25) is 0 Å². The second-order valence-electron chi connectivity index (χ2n) is 6.10. The number of carbonyl (C=O) groups is 1. The number of carbonyl (C=O) groups excluding carboxylic acids is 1. The number of benzene rings is 1. The van der Waals surface area contributed by atoms with Crippen molar-refractivity contribution in [3.05, 3.63) is 35.9 Å².